The van der Waals surface area contributed by atoms with E-state index in [0.717, 1.165) is 36.5 Å². The zero-order valence-corrected chi connectivity index (χ0v) is 17.8. The summed E-state index contributed by atoms with van der Waals surface area (Å²) in [5, 5.41) is 2.05. The van der Waals surface area contributed by atoms with Gasteiger partial charge in [-0.2, -0.15) is 0 Å². The number of hydrogen-bond acceptors (Lipinski definition) is 3. The lowest BCUT2D eigenvalue weighted by molar-refractivity contribution is -0.131. The van der Waals surface area contributed by atoms with Gasteiger partial charge in [-0.25, -0.2) is 4.39 Å². The Kier molecular flexibility index (Phi) is 5.65. The summed E-state index contributed by atoms with van der Waals surface area (Å²) >= 11 is 6.35. The van der Waals surface area contributed by atoms with E-state index in [1.165, 1.54) is 12.1 Å². The van der Waals surface area contributed by atoms with Gasteiger partial charge in [0.15, 0.2) is 5.60 Å². The van der Waals surface area contributed by atoms with Crippen molar-refractivity contribution < 1.29 is 13.9 Å². The van der Waals surface area contributed by atoms with Gasteiger partial charge in [0.25, 0.3) is 5.91 Å². The molecule has 2 aromatic carbocycles. The number of pyridine rings is 1. The summed E-state index contributed by atoms with van der Waals surface area (Å²) < 4.78 is 19.9. The van der Waals surface area contributed by atoms with Gasteiger partial charge in [0.1, 0.15) is 11.6 Å². The van der Waals surface area contributed by atoms with Crippen molar-refractivity contribution in [2.75, 3.05) is 4.90 Å². The van der Waals surface area contributed by atoms with Gasteiger partial charge in [-0.05, 0) is 57.0 Å². The van der Waals surface area contributed by atoms with E-state index >= 15 is 0 Å². The molecule has 1 saturated carbocycles. The van der Waals surface area contributed by atoms with E-state index in [2.05, 4.69) is 4.98 Å². The number of ether oxygens (including phenoxy) is 1. The first-order valence-corrected chi connectivity index (χ1v) is 10.5. The van der Waals surface area contributed by atoms with E-state index in [-0.39, 0.29) is 17.0 Å². The SMILES string of the molecule is CC(C)(Oc1cccc2cnccc12)C(=O)N(c1ccc(F)cc1Cl)C1CCCC1. The number of benzene rings is 2. The van der Waals surface area contributed by atoms with E-state index in [9.17, 15) is 9.18 Å². The molecule has 4 nitrogen and oxygen atoms in total. The Labute approximate surface area is 180 Å². The van der Waals surface area contributed by atoms with Crippen LogP contribution in [0.4, 0.5) is 10.1 Å². The molecule has 6 heteroatoms. The van der Waals surface area contributed by atoms with Crippen LogP contribution in [0.2, 0.25) is 5.02 Å². The largest absolute Gasteiger partial charge is 0.477 e. The van der Waals surface area contributed by atoms with Crippen molar-refractivity contribution in [3.8, 4) is 5.75 Å². The van der Waals surface area contributed by atoms with Crippen LogP contribution in [0.1, 0.15) is 39.5 Å². The number of nitrogens with zero attached hydrogens (tertiary/aromatic N) is 2. The van der Waals surface area contributed by atoms with Crippen molar-refractivity contribution in [3.63, 3.8) is 0 Å². The molecule has 1 aliphatic carbocycles. The minimum Gasteiger partial charge on any atom is -0.477 e. The summed E-state index contributed by atoms with van der Waals surface area (Å²) in [6, 6.07) is 11.7. The maximum Gasteiger partial charge on any atom is 0.270 e. The molecule has 1 heterocycles. The van der Waals surface area contributed by atoms with Crippen LogP contribution in [0.25, 0.3) is 10.8 Å². The first-order chi connectivity index (χ1) is 14.4. The van der Waals surface area contributed by atoms with Crippen LogP contribution >= 0.6 is 11.6 Å². The Hall–Kier alpha value is -2.66. The van der Waals surface area contributed by atoms with Gasteiger partial charge < -0.3 is 9.64 Å². The summed E-state index contributed by atoms with van der Waals surface area (Å²) in [7, 11) is 0. The molecule has 0 atom stereocenters. The smallest absolute Gasteiger partial charge is 0.270 e. The number of hydrogen-bond donors (Lipinski definition) is 0. The first kappa shape index (κ1) is 20.6. The second-order valence-corrected chi connectivity index (χ2v) is 8.58. The third-order valence-electron chi connectivity index (χ3n) is 5.60. The third-order valence-corrected chi connectivity index (χ3v) is 5.90. The Bertz CT molecular complexity index is 1070. The summed E-state index contributed by atoms with van der Waals surface area (Å²) in [6.07, 6.45) is 7.33. The zero-order valence-electron chi connectivity index (χ0n) is 17.1. The highest BCUT2D eigenvalue weighted by Crippen LogP contribution is 2.36. The van der Waals surface area contributed by atoms with Gasteiger partial charge in [-0.15, -0.1) is 0 Å². The molecule has 30 heavy (non-hydrogen) atoms. The summed E-state index contributed by atoms with van der Waals surface area (Å²) in [5.74, 6) is -0.0127. The number of rotatable bonds is 5. The predicted molar refractivity (Wildman–Crippen MR) is 118 cm³/mol. The topological polar surface area (TPSA) is 42.4 Å². The number of amides is 1. The number of fused-ring (bicyclic) bond motifs is 1. The van der Waals surface area contributed by atoms with Gasteiger partial charge in [-0.1, -0.05) is 36.6 Å². The van der Waals surface area contributed by atoms with E-state index < -0.39 is 11.4 Å². The van der Waals surface area contributed by atoms with Crippen LogP contribution in [0, 0.1) is 5.82 Å². The Morgan fingerprint density at radius 2 is 1.97 bits per heavy atom. The van der Waals surface area contributed by atoms with Gasteiger partial charge in [0.2, 0.25) is 0 Å². The molecule has 1 amide bonds. The van der Waals surface area contributed by atoms with Crippen LogP contribution in [0.15, 0.2) is 54.9 Å². The van der Waals surface area contributed by atoms with E-state index in [1.807, 2.05) is 24.3 Å². The van der Waals surface area contributed by atoms with E-state index in [0.29, 0.717) is 11.4 Å². The molecule has 0 N–H and O–H groups in total. The molecule has 0 radical (unpaired) electrons. The molecule has 156 valence electrons. The van der Waals surface area contributed by atoms with Crippen LogP contribution < -0.4 is 9.64 Å². The molecule has 0 bridgehead atoms. The lowest BCUT2D eigenvalue weighted by Gasteiger charge is -2.36. The molecule has 0 spiro atoms. The van der Waals surface area contributed by atoms with Crippen molar-refractivity contribution in [3.05, 3.63) is 65.7 Å². The van der Waals surface area contributed by atoms with Gasteiger partial charge in [0.05, 0.1) is 10.7 Å². The van der Waals surface area contributed by atoms with Crippen molar-refractivity contribution >= 4 is 34.0 Å². The highest BCUT2D eigenvalue weighted by molar-refractivity contribution is 6.34. The maximum atomic E-state index is 13.8. The Morgan fingerprint density at radius 1 is 1.20 bits per heavy atom. The molecular weight excluding hydrogens is 403 g/mol. The molecule has 0 unspecified atom stereocenters. The van der Waals surface area contributed by atoms with E-state index in [1.54, 1.807) is 37.2 Å². The molecule has 0 aliphatic heterocycles. The van der Waals surface area contributed by atoms with Crippen LogP contribution in [-0.4, -0.2) is 22.5 Å². The fourth-order valence-electron chi connectivity index (χ4n) is 4.10. The monoisotopic (exact) mass is 426 g/mol. The minimum absolute atomic E-state index is 0.0139. The van der Waals surface area contributed by atoms with Crippen molar-refractivity contribution in [2.45, 2.75) is 51.2 Å². The Morgan fingerprint density at radius 3 is 2.70 bits per heavy atom. The second-order valence-electron chi connectivity index (χ2n) is 8.17. The number of carbonyl (C=O) groups excluding carboxylic acids is 1. The lowest BCUT2D eigenvalue weighted by atomic mass is 10.0. The van der Waals surface area contributed by atoms with Crippen LogP contribution in [0.3, 0.4) is 0 Å². The average molecular weight is 427 g/mol. The standard InChI is InChI=1S/C24H24ClFN2O2/c1-24(2,30-22-9-5-6-16-15-27-13-12-19(16)22)23(29)28(18-7-3-4-8-18)21-11-10-17(26)14-20(21)25/h5-6,9-15,18H,3-4,7-8H2,1-2H3. The number of anilines is 1. The van der Waals surface area contributed by atoms with Gasteiger partial charge in [0, 0.05) is 29.2 Å². The molecule has 1 aliphatic rings. The zero-order chi connectivity index (χ0) is 21.3. The lowest BCUT2D eigenvalue weighted by Crippen LogP contribution is -2.52. The molecule has 1 aromatic heterocycles. The number of halogens is 2. The second kappa shape index (κ2) is 8.23. The first-order valence-electron chi connectivity index (χ1n) is 10.2. The maximum absolute atomic E-state index is 13.8. The van der Waals surface area contributed by atoms with Crippen LogP contribution in [0.5, 0.6) is 5.75 Å². The average Bonchev–Trinajstić information content (AvgIpc) is 3.24. The highest BCUT2D eigenvalue weighted by Gasteiger charge is 2.40. The van der Waals surface area contributed by atoms with Crippen molar-refractivity contribution in [1.29, 1.82) is 0 Å². The quantitative estimate of drug-likeness (QED) is 0.490. The molecule has 3 aromatic rings. The molecule has 4 rings (SSSR count). The fraction of sp³-hybridized carbons (Fsp3) is 0.333. The number of carbonyl (C=O) groups is 1. The summed E-state index contributed by atoms with van der Waals surface area (Å²) in [5.41, 5.74) is -0.633. The third kappa shape index (κ3) is 3.99. The van der Waals surface area contributed by atoms with Gasteiger partial charge in [-0.3, -0.25) is 9.78 Å². The van der Waals surface area contributed by atoms with Crippen LogP contribution in [-0.2, 0) is 4.79 Å². The number of aromatic nitrogens is 1. The Balaban J connectivity index is 1.70. The summed E-state index contributed by atoms with van der Waals surface area (Å²) in [4.78, 5) is 19.6. The minimum atomic E-state index is -1.15. The normalized spacial score (nSPS) is 14.8. The summed E-state index contributed by atoms with van der Waals surface area (Å²) in [6.45, 7) is 3.52. The van der Waals surface area contributed by atoms with E-state index in [4.69, 9.17) is 16.3 Å². The van der Waals surface area contributed by atoms with Crippen molar-refractivity contribution in [1.82, 2.24) is 4.98 Å². The molecular formula is C24H24ClFN2O2. The molecule has 1 fully saturated rings. The van der Waals surface area contributed by atoms with Crippen molar-refractivity contribution in [2.24, 2.45) is 0 Å². The highest BCUT2D eigenvalue weighted by atomic mass is 35.5. The molecule has 0 saturated heterocycles. The van der Waals surface area contributed by atoms with Gasteiger partial charge >= 0.3 is 0 Å². The predicted octanol–water partition coefficient (Wildman–Crippen LogP) is 6.16. The fourth-order valence-corrected chi connectivity index (χ4v) is 4.36.